The summed E-state index contributed by atoms with van der Waals surface area (Å²) in [5, 5.41) is 22.6. The number of hydrogen-bond acceptors (Lipinski definition) is 6. The zero-order valence-corrected chi connectivity index (χ0v) is 27.4. The predicted octanol–water partition coefficient (Wildman–Crippen LogP) is 4.00. The Morgan fingerprint density at radius 2 is 1.81 bits per heavy atom. The van der Waals surface area contributed by atoms with Crippen molar-refractivity contribution >= 4 is 33.8 Å². The molecule has 12 rings (SSSR count). The van der Waals surface area contributed by atoms with E-state index in [0.717, 1.165) is 67.1 Å². The summed E-state index contributed by atoms with van der Waals surface area (Å²) in [5.74, 6) is 2.20. The van der Waals surface area contributed by atoms with E-state index in [1.807, 2.05) is 28.9 Å². The Morgan fingerprint density at radius 1 is 1.02 bits per heavy atom. The van der Waals surface area contributed by atoms with Gasteiger partial charge in [0.05, 0.1) is 40.0 Å². The summed E-state index contributed by atoms with van der Waals surface area (Å²) in [4.78, 5) is 38.5. The topological polar surface area (TPSA) is 107 Å². The van der Waals surface area contributed by atoms with Gasteiger partial charge in [0.15, 0.2) is 5.82 Å². The number of para-hydroxylation sites is 1. The highest BCUT2D eigenvalue weighted by Crippen LogP contribution is 2.59. The number of aliphatic hydroxyl groups excluding tert-OH is 1. The molecule has 5 saturated heterocycles. The van der Waals surface area contributed by atoms with Crippen LogP contribution < -0.4 is 0 Å². The number of rotatable bonds is 6. The molecule has 2 saturated carbocycles. The third-order valence-corrected chi connectivity index (χ3v) is 13.0. The predicted molar refractivity (Wildman–Crippen MR) is 179 cm³/mol. The average molecular weight is 647 g/mol. The number of benzene rings is 2. The molecule has 248 valence electrons. The molecule has 0 radical (unpaired) electrons. The summed E-state index contributed by atoms with van der Waals surface area (Å²) < 4.78 is 4.81. The van der Waals surface area contributed by atoms with Gasteiger partial charge in [-0.05, 0) is 87.5 Å². The van der Waals surface area contributed by atoms with Gasteiger partial charge in [-0.1, -0.05) is 18.2 Å². The number of carbonyl (C=O) groups is 2. The summed E-state index contributed by atoms with van der Waals surface area (Å²) in [6.45, 7) is 5.82. The summed E-state index contributed by atoms with van der Waals surface area (Å²) in [5.41, 5.74) is 5.87. The van der Waals surface area contributed by atoms with Gasteiger partial charge in [-0.2, -0.15) is 0 Å². The van der Waals surface area contributed by atoms with E-state index >= 15 is 0 Å². The van der Waals surface area contributed by atoms with Gasteiger partial charge in [-0.3, -0.25) is 14.5 Å². The Kier molecular flexibility index (Phi) is 5.56. The lowest BCUT2D eigenvalue weighted by atomic mass is 9.80. The van der Waals surface area contributed by atoms with Gasteiger partial charge in [0.2, 0.25) is 5.91 Å². The molecule has 8 aliphatic rings. The van der Waals surface area contributed by atoms with Crippen LogP contribution in [-0.2, 0) is 23.5 Å². The third-order valence-electron chi connectivity index (χ3n) is 13.0. The van der Waals surface area contributed by atoms with Gasteiger partial charge >= 0.3 is 0 Å². The quantitative estimate of drug-likeness (QED) is 0.307. The molecule has 2 aromatic carbocycles. The molecule has 5 atom stereocenters. The van der Waals surface area contributed by atoms with Gasteiger partial charge in [0.1, 0.15) is 6.17 Å². The molecule has 2 N–H and O–H groups in total. The number of hydrogen-bond donors (Lipinski definition) is 2. The largest absolute Gasteiger partial charge is 0.393 e. The van der Waals surface area contributed by atoms with E-state index in [4.69, 9.17) is 4.98 Å². The molecule has 2 aromatic heterocycles. The highest BCUT2D eigenvalue weighted by Gasteiger charge is 2.80. The van der Waals surface area contributed by atoms with Crippen LogP contribution in [0.3, 0.4) is 0 Å². The Bertz CT molecular complexity index is 2040. The smallest absolute Gasteiger partial charge is 0.255 e. The second-order valence-electron chi connectivity index (χ2n) is 16.2. The van der Waals surface area contributed by atoms with Gasteiger partial charge < -0.3 is 29.1 Å². The van der Waals surface area contributed by atoms with Crippen molar-refractivity contribution in [1.29, 1.82) is 0 Å². The number of imidazole rings is 1. The third kappa shape index (κ3) is 3.93. The molecule has 4 aromatic rings. The van der Waals surface area contributed by atoms with E-state index in [1.54, 1.807) is 0 Å². The molecular weight excluding hydrogens is 604 g/mol. The van der Waals surface area contributed by atoms with E-state index in [1.165, 1.54) is 29.3 Å². The van der Waals surface area contributed by atoms with Crippen molar-refractivity contribution in [3.63, 3.8) is 0 Å². The van der Waals surface area contributed by atoms with E-state index in [9.17, 15) is 19.8 Å². The molecule has 0 spiro atoms. The number of piperidine rings is 1. The van der Waals surface area contributed by atoms with E-state index in [0.29, 0.717) is 55.3 Å². The van der Waals surface area contributed by atoms with Crippen molar-refractivity contribution in [3.05, 3.63) is 53.1 Å². The van der Waals surface area contributed by atoms with Crippen LogP contribution in [0.5, 0.6) is 0 Å². The lowest BCUT2D eigenvalue weighted by molar-refractivity contribution is -0.143. The van der Waals surface area contributed by atoms with Crippen LogP contribution in [0.2, 0.25) is 0 Å². The summed E-state index contributed by atoms with van der Waals surface area (Å²) in [6, 6.07) is 14.0. The second kappa shape index (κ2) is 9.49. The number of nitrogens with zero attached hydrogens (tertiary/aromatic N) is 6. The van der Waals surface area contributed by atoms with Crippen LogP contribution in [0.15, 0.2) is 36.4 Å². The molecule has 48 heavy (non-hydrogen) atoms. The number of carbonyl (C=O) groups excluding carboxylic acids is 2. The van der Waals surface area contributed by atoms with Crippen LogP contribution >= 0.6 is 0 Å². The maximum atomic E-state index is 13.8. The molecule has 2 amide bonds. The van der Waals surface area contributed by atoms with E-state index in [2.05, 4.69) is 38.3 Å². The number of piperazine rings is 1. The molecule has 8 heterocycles. The van der Waals surface area contributed by atoms with Crippen LogP contribution in [0.1, 0.15) is 79.3 Å². The average Bonchev–Trinajstić information content (AvgIpc) is 4.01. The van der Waals surface area contributed by atoms with Gasteiger partial charge in [0.25, 0.3) is 5.91 Å². The summed E-state index contributed by atoms with van der Waals surface area (Å²) >= 11 is 0. The molecule has 6 aliphatic heterocycles. The fraction of sp³-hybridized carbons (Fsp3) is 0.553. The van der Waals surface area contributed by atoms with Gasteiger partial charge in [-0.15, -0.1) is 0 Å². The fourth-order valence-corrected chi connectivity index (χ4v) is 9.85. The maximum absolute atomic E-state index is 13.8. The molecule has 2 aliphatic carbocycles. The van der Waals surface area contributed by atoms with Crippen molar-refractivity contribution < 1.29 is 19.8 Å². The van der Waals surface area contributed by atoms with Crippen molar-refractivity contribution in [2.24, 2.45) is 11.8 Å². The Balaban J connectivity index is 0.988. The first-order chi connectivity index (χ1) is 23.2. The standard InChI is InChI=1S/C38H42N6O4/c1-38(48)9-12-41-32-27(38)15-24(37(47)43-19-30-33-35(43)44(30)33)16-28(32)39-34(41)29-17-22-3-2-4-26(31(22)42(29)18-20-5-6-20)21-7-10-40(11-8-21)36(46)23-13-25(45)14-23/h2-4,15-17,20-21,23,25,30,33,35,45,48H,5-14,18-19H2,1H3. The number of fused-ring (bicyclic) bond motifs is 2. The first-order valence-electron chi connectivity index (χ1n) is 18.2. The van der Waals surface area contributed by atoms with Crippen molar-refractivity contribution in [2.75, 3.05) is 19.6 Å². The van der Waals surface area contributed by atoms with Crippen LogP contribution in [-0.4, -0.2) is 94.8 Å². The maximum Gasteiger partial charge on any atom is 0.255 e. The first-order valence-corrected chi connectivity index (χ1v) is 18.2. The SMILES string of the molecule is CC1(O)CCn2c(-c3cc4cccc(C5CCN(C(=O)C6CC(O)C6)CC5)c4n3CC3CC3)nc3cc(C(=O)N4CC5C6C4N56)cc1c32. The highest BCUT2D eigenvalue weighted by molar-refractivity contribution is 6.00. The van der Waals surface area contributed by atoms with Gasteiger partial charge in [-0.25, -0.2) is 4.98 Å². The molecule has 7 fully saturated rings. The minimum absolute atomic E-state index is 0.00685. The minimum Gasteiger partial charge on any atom is -0.393 e. The molecule has 2 bridgehead atoms. The lowest BCUT2D eigenvalue weighted by Gasteiger charge is -2.38. The normalized spacial score (nSPS) is 33.3. The van der Waals surface area contributed by atoms with E-state index < -0.39 is 5.60 Å². The van der Waals surface area contributed by atoms with Crippen LogP contribution in [0.4, 0.5) is 0 Å². The minimum atomic E-state index is -1.04. The molecule has 10 heteroatoms. The number of likely N-dealkylation sites (tertiary alicyclic amines) is 1. The Labute approximate surface area is 278 Å². The van der Waals surface area contributed by atoms with Crippen molar-refractivity contribution in [1.82, 2.24) is 28.8 Å². The molecule has 5 unspecified atom stereocenters. The number of aromatic nitrogens is 3. The summed E-state index contributed by atoms with van der Waals surface area (Å²) in [6.07, 6.45) is 6.10. The molecule has 10 nitrogen and oxygen atoms in total. The van der Waals surface area contributed by atoms with Crippen molar-refractivity contribution in [3.8, 4) is 11.5 Å². The van der Waals surface area contributed by atoms with E-state index in [-0.39, 0.29) is 30.0 Å². The second-order valence-corrected chi connectivity index (χ2v) is 16.2. The van der Waals surface area contributed by atoms with Crippen LogP contribution in [0.25, 0.3) is 33.5 Å². The Hall–Kier alpha value is -3.73. The first kappa shape index (κ1) is 28.1. The van der Waals surface area contributed by atoms with Crippen LogP contribution in [0, 0.1) is 11.8 Å². The number of amides is 2. The Morgan fingerprint density at radius 3 is 2.52 bits per heavy atom. The zero-order valence-electron chi connectivity index (χ0n) is 27.4. The summed E-state index contributed by atoms with van der Waals surface area (Å²) in [7, 11) is 0. The zero-order chi connectivity index (χ0) is 32.2. The fourth-order valence-electron chi connectivity index (χ4n) is 9.85. The monoisotopic (exact) mass is 646 g/mol. The number of aliphatic hydroxyl groups is 2. The van der Waals surface area contributed by atoms with Crippen molar-refractivity contribution in [2.45, 2.75) is 101 Å². The number of aryl methyl sites for hydroxylation is 1. The molecular formula is C38H42N6O4. The highest BCUT2D eigenvalue weighted by atomic mass is 16.3. The lowest BCUT2D eigenvalue weighted by Crippen LogP contribution is -2.46. The van der Waals surface area contributed by atoms with Gasteiger partial charge in [0, 0.05) is 61.2 Å².